The summed E-state index contributed by atoms with van der Waals surface area (Å²) >= 11 is 0. The highest BCUT2D eigenvalue weighted by Crippen LogP contribution is 2.19. The third kappa shape index (κ3) is 3.64. The molecule has 132 valence electrons. The van der Waals surface area contributed by atoms with Gasteiger partial charge in [0.2, 0.25) is 0 Å². The Morgan fingerprint density at radius 1 is 1.04 bits per heavy atom. The first-order valence-corrected chi connectivity index (χ1v) is 7.62. The summed E-state index contributed by atoms with van der Waals surface area (Å²) in [6, 6.07) is 7.74. The van der Waals surface area contributed by atoms with Crippen molar-refractivity contribution in [2.24, 2.45) is 0 Å². The van der Waals surface area contributed by atoms with Crippen LogP contribution in [0.25, 0.3) is 11.0 Å². The molecule has 0 aliphatic rings. The summed E-state index contributed by atoms with van der Waals surface area (Å²) in [5.74, 6) is -3.48. The Balaban J connectivity index is 1.70. The molecule has 26 heavy (non-hydrogen) atoms. The van der Waals surface area contributed by atoms with Crippen LogP contribution in [0.15, 0.2) is 48.8 Å². The molecule has 3 rings (SSSR count). The topological polar surface area (TPSA) is 81.2 Å². The van der Waals surface area contributed by atoms with Gasteiger partial charge in [0.15, 0.2) is 6.10 Å². The molecule has 1 heterocycles. The minimum absolute atomic E-state index is 0.176. The van der Waals surface area contributed by atoms with Crippen LogP contribution in [-0.2, 0) is 9.53 Å². The van der Waals surface area contributed by atoms with E-state index in [1.807, 2.05) is 0 Å². The number of hydrogen-bond donors (Lipinski definition) is 1. The van der Waals surface area contributed by atoms with Gasteiger partial charge in [0.1, 0.15) is 17.3 Å². The molecule has 0 aliphatic heterocycles. The van der Waals surface area contributed by atoms with E-state index in [1.54, 1.807) is 6.07 Å². The number of para-hydroxylation sites is 1. The summed E-state index contributed by atoms with van der Waals surface area (Å²) in [5.41, 5.74) is 0.674. The summed E-state index contributed by atoms with van der Waals surface area (Å²) < 4.78 is 32.2. The van der Waals surface area contributed by atoms with Crippen LogP contribution in [0.4, 0.5) is 14.5 Å². The van der Waals surface area contributed by atoms with Crippen molar-refractivity contribution in [3.8, 4) is 0 Å². The number of benzene rings is 2. The Hall–Kier alpha value is -3.42. The van der Waals surface area contributed by atoms with Crippen LogP contribution >= 0.6 is 0 Å². The zero-order valence-corrected chi connectivity index (χ0v) is 13.6. The number of anilines is 1. The van der Waals surface area contributed by atoms with E-state index < -0.39 is 35.3 Å². The van der Waals surface area contributed by atoms with Crippen LogP contribution in [0, 0.1) is 11.6 Å². The van der Waals surface area contributed by atoms with E-state index in [0.29, 0.717) is 11.0 Å². The quantitative estimate of drug-likeness (QED) is 0.726. The van der Waals surface area contributed by atoms with Gasteiger partial charge in [0.25, 0.3) is 5.91 Å². The summed E-state index contributed by atoms with van der Waals surface area (Å²) in [6.07, 6.45) is 1.74. The molecule has 0 unspecified atom stereocenters. The number of nitrogens with zero attached hydrogens (tertiary/aromatic N) is 2. The average molecular weight is 357 g/mol. The number of halogens is 2. The van der Waals surface area contributed by atoms with Gasteiger partial charge in [-0.05, 0) is 37.3 Å². The highest BCUT2D eigenvalue weighted by atomic mass is 19.1. The maximum atomic E-state index is 13.6. The standard InChI is InChI=1S/C18H13F2N3O3/c1-10(17(24)23-16-12(19)3-2-4-13(16)20)26-18(25)11-5-6-14-15(9-11)22-8-7-21-14/h2-10H,1H3,(H,23,24)/t10-/m0/s1. The smallest absolute Gasteiger partial charge is 0.338 e. The van der Waals surface area contributed by atoms with E-state index in [2.05, 4.69) is 15.3 Å². The summed E-state index contributed by atoms with van der Waals surface area (Å²) in [5, 5.41) is 2.08. The molecule has 8 heteroatoms. The summed E-state index contributed by atoms with van der Waals surface area (Å²) in [4.78, 5) is 32.4. The predicted octanol–water partition coefficient (Wildman–Crippen LogP) is 3.09. The van der Waals surface area contributed by atoms with Crippen molar-refractivity contribution < 1.29 is 23.1 Å². The van der Waals surface area contributed by atoms with Gasteiger partial charge >= 0.3 is 5.97 Å². The number of fused-ring (bicyclic) bond motifs is 1. The van der Waals surface area contributed by atoms with Gasteiger partial charge in [0, 0.05) is 12.4 Å². The zero-order chi connectivity index (χ0) is 18.7. The molecule has 0 saturated heterocycles. The number of carbonyl (C=O) groups is 2. The number of carbonyl (C=O) groups excluding carboxylic acids is 2. The van der Waals surface area contributed by atoms with Crippen molar-refractivity contribution in [3.63, 3.8) is 0 Å². The SMILES string of the molecule is C[C@H](OC(=O)c1ccc2nccnc2c1)C(=O)Nc1c(F)cccc1F. The van der Waals surface area contributed by atoms with Crippen LogP contribution in [0.2, 0.25) is 0 Å². The van der Waals surface area contributed by atoms with Crippen molar-refractivity contribution in [2.45, 2.75) is 13.0 Å². The van der Waals surface area contributed by atoms with Gasteiger partial charge < -0.3 is 10.1 Å². The molecule has 6 nitrogen and oxygen atoms in total. The molecule has 2 aromatic carbocycles. The maximum absolute atomic E-state index is 13.6. The lowest BCUT2D eigenvalue weighted by molar-refractivity contribution is -0.123. The molecule has 1 N–H and O–H groups in total. The molecule has 1 aromatic heterocycles. The number of rotatable bonds is 4. The summed E-state index contributed by atoms with van der Waals surface area (Å²) in [6.45, 7) is 1.30. The molecule has 0 saturated carbocycles. The van der Waals surface area contributed by atoms with Crippen LogP contribution in [0.5, 0.6) is 0 Å². The molecule has 1 amide bonds. The second-order valence-electron chi connectivity index (χ2n) is 5.39. The van der Waals surface area contributed by atoms with Gasteiger partial charge in [-0.15, -0.1) is 0 Å². The Labute approximate surface area is 146 Å². The molecule has 3 aromatic rings. The molecule has 0 fully saturated rings. The van der Waals surface area contributed by atoms with E-state index in [-0.39, 0.29) is 5.56 Å². The van der Waals surface area contributed by atoms with E-state index in [1.165, 1.54) is 37.5 Å². The lowest BCUT2D eigenvalue weighted by atomic mass is 10.2. The highest BCUT2D eigenvalue weighted by Gasteiger charge is 2.21. The molecular formula is C18H13F2N3O3. The van der Waals surface area contributed by atoms with Crippen molar-refractivity contribution in [1.29, 1.82) is 0 Å². The van der Waals surface area contributed by atoms with Crippen LogP contribution < -0.4 is 5.32 Å². The minimum Gasteiger partial charge on any atom is -0.449 e. The minimum atomic E-state index is -1.26. The normalized spacial score (nSPS) is 11.8. The third-order valence-corrected chi connectivity index (χ3v) is 3.57. The van der Waals surface area contributed by atoms with E-state index in [4.69, 9.17) is 4.74 Å². The van der Waals surface area contributed by atoms with E-state index >= 15 is 0 Å². The lowest BCUT2D eigenvalue weighted by Crippen LogP contribution is -2.30. The Morgan fingerprint density at radius 3 is 2.38 bits per heavy atom. The largest absolute Gasteiger partial charge is 0.449 e. The first-order chi connectivity index (χ1) is 12.5. The predicted molar refractivity (Wildman–Crippen MR) is 89.4 cm³/mol. The number of ether oxygens (including phenoxy) is 1. The molecule has 0 spiro atoms. The average Bonchev–Trinajstić information content (AvgIpc) is 2.64. The molecular weight excluding hydrogens is 344 g/mol. The fraction of sp³-hybridized carbons (Fsp3) is 0.111. The number of nitrogens with one attached hydrogen (secondary N) is 1. The summed E-state index contributed by atoms with van der Waals surface area (Å²) in [7, 11) is 0. The van der Waals surface area contributed by atoms with Crippen LogP contribution in [0.3, 0.4) is 0 Å². The number of aromatic nitrogens is 2. The van der Waals surface area contributed by atoms with Crippen molar-refractivity contribution in [2.75, 3.05) is 5.32 Å². The molecule has 0 aliphatic carbocycles. The van der Waals surface area contributed by atoms with Gasteiger partial charge in [-0.2, -0.15) is 0 Å². The fourth-order valence-corrected chi connectivity index (χ4v) is 2.21. The Morgan fingerprint density at radius 2 is 1.69 bits per heavy atom. The first kappa shape index (κ1) is 17.4. The monoisotopic (exact) mass is 357 g/mol. The Kier molecular flexibility index (Phi) is 4.83. The fourth-order valence-electron chi connectivity index (χ4n) is 2.21. The lowest BCUT2D eigenvalue weighted by Gasteiger charge is -2.14. The number of amides is 1. The molecule has 0 radical (unpaired) electrons. The maximum Gasteiger partial charge on any atom is 0.338 e. The van der Waals surface area contributed by atoms with Gasteiger partial charge in [-0.3, -0.25) is 14.8 Å². The second-order valence-corrected chi connectivity index (χ2v) is 5.39. The van der Waals surface area contributed by atoms with Crippen molar-refractivity contribution >= 4 is 28.6 Å². The van der Waals surface area contributed by atoms with E-state index in [0.717, 1.165) is 12.1 Å². The molecule has 1 atom stereocenters. The highest BCUT2D eigenvalue weighted by molar-refractivity contribution is 5.98. The third-order valence-electron chi connectivity index (χ3n) is 3.57. The van der Waals surface area contributed by atoms with Gasteiger partial charge in [0.05, 0.1) is 16.6 Å². The van der Waals surface area contributed by atoms with Crippen LogP contribution in [0.1, 0.15) is 17.3 Å². The second kappa shape index (κ2) is 7.22. The van der Waals surface area contributed by atoms with Gasteiger partial charge in [-0.25, -0.2) is 13.6 Å². The number of hydrogen-bond acceptors (Lipinski definition) is 5. The Bertz CT molecular complexity index is 974. The number of esters is 1. The van der Waals surface area contributed by atoms with Gasteiger partial charge in [-0.1, -0.05) is 6.07 Å². The van der Waals surface area contributed by atoms with Crippen molar-refractivity contribution in [1.82, 2.24) is 9.97 Å². The van der Waals surface area contributed by atoms with E-state index in [9.17, 15) is 18.4 Å². The van der Waals surface area contributed by atoms with Crippen LogP contribution in [-0.4, -0.2) is 27.9 Å². The first-order valence-electron chi connectivity index (χ1n) is 7.62. The van der Waals surface area contributed by atoms with Crippen molar-refractivity contribution in [3.05, 3.63) is 66.0 Å². The zero-order valence-electron chi connectivity index (χ0n) is 13.6. The molecule has 0 bridgehead atoms.